The number of nitrogens with one attached hydrogen (secondary N) is 1. The van der Waals surface area contributed by atoms with Gasteiger partial charge in [0.25, 0.3) is 0 Å². The second-order valence-corrected chi connectivity index (χ2v) is 9.33. The van der Waals surface area contributed by atoms with E-state index in [2.05, 4.69) is 44.2 Å². The molecule has 0 radical (unpaired) electrons. The van der Waals surface area contributed by atoms with Gasteiger partial charge in [0.15, 0.2) is 0 Å². The summed E-state index contributed by atoms with van der Waals surface area (Å²) in [5.41, 5.74) is 5.61. The van der Waals surface area contributed by atoms with Crippen LogP contribution in [0.3, 0.4) is 0 Å². The molecule has 1 atom stereocenters. The number of carbonyl (C=O) groups excluding carboxylic acids is 1. The van der Waals surface area contributed by atoms with Crippen LogP contribution in [0.15, 0.2) is 67.4 Å². The molecule has 0 bridgehead atoms. The molecule has 0 spiro atoms. The highest BCUT2D eigenvalue weighted by Crippen LogP contribution is 2.39. The second-order valence-electron chi connectivity index (χ2n) is 8.89. The van der Waals surface area contributed by atoms with Crippen LogP contribution < -0.4 is 5.32 Å². The van der Waals surface area contributed by atoms with Gasteiger partial charge in [-0.2, -0.15) is 0 Å². The first-order valence-electron chi connectivity index (χ1n) is 11.5. The van der Waals surface area contributed by atoms with E-state index < -0.39 is 12.2 Å². The minimum absolute atomic E-state index is 0.381. The molecule has 1 amide bonds. The first-order chi connectivity index (χ1) is 17.0. The lowest BCUT2D eigenvalue weighted by Gasteiger charge is -2.14. The van der Waals surface area contributed by atoms with Gasteiger partial charge in [0, 0.05) is 23.5 Å². The van der Waals surface area contributed by atoms with E-state index in [1.807, 2.05) is 16.7 Å². The summed E-state index contributed by atoms with van der Waals surface area (Å²) in [4.78, 5) is 26.0. The Morgan fingerprint density at radius 1 is 1.20 bits per heavy atom. The molecule has 1 unspecified atom stereocenters. The molecule has 9 heteroatoms. The molecule has 1 fully saturated rings. The number of pyridine rings is 2. The van der Waals surface area contributed by atoms with Crippen LogP contribution in [0.25, 0.3) is 16.7 Å². The van der Waals surface area contributed by atoms with E-state index in [4.69, 9.17) is 21.3 Å². The van der Waals surface area contributed by atoms with E-state index in [1.165, 1.54) is 18.4 Å². The maximum atomic E-state index is 12.5. The van der Waals surface area contributed by atoms with Gasteiger partial charge in [0.2, 0.25) is 0 Å². The van der Waals surface area contributed by atoms with E-state index in [9.17, 15) is 4.79 Å². The fourth-order valence-corrected chi connectivity index (χ4v) is 4.45. The average molecular weight is 487 g/mol. The number of benzene rings is 1. The minimum atomic E-state index is -0.595. The summed E-state index contributed by atoms with van der Waals surface area (Å²) in [5.74, 6) is 1.08. The third-order valence-corrected chi connectivity index (χ3v) is 6.48. The summed E-state index contributed by atoms with van der Waals surface area (Å²) in [6.07, 6.45) is 9.11. The molecule has 8 nitrogen and oxygen atoms in total. The molecule has 6 rings (SSSR count). The van der Waals surface area contributed by atoms with E-state index in [0.29, 0.717) is 23.3 Å². The molecular formula is C26H23ClN6O2. The van der Waals surface area contributed by atoms with E-state index in [1.54, 1.807) is 37.6 Å². The number of fused-ring (bicyclic) bond motifs is 2. The van der Waals surface area contributed by atoms with Gasteiger partial charge in [0.1, 0.15) is 23.1 Å². The Hall–Kier alpha value is -3.91. The Kier molecular flexibility index (Phi) is 5.37. The summed E-state index contributed by atoms with van der Waals surface area (Å²) in [7, 11) is 0. The van der Waals surface area contributed by atoms with Crippen LogP contribution in [-0.4, -0.2) is 30.0 Å². The standard InChI is InChI=1S/C26H23ClN6O2/c1-16(18-3-2-4-20(27)9-18)35-26(34)31-24-10-23-22(11-28-24)29-15-33(23)14-21-13-32-12-19(17-5-6-17)7-8-25(32)30-21/h2-4,7-13,15-17H,5-6,14H2,1H3,(H,28,31,34). The monoisotopic (exact) mass is 486 g/mol. The Bertz CT molecular complexity index is 1550. The lowest BCUT2D eigenvalue weighted by molar-refractivity contribution is 0.121. The van der Waals surface area contributed by atoms with Crippen molar-refractivity contribution in [2.24, 2.45) is 0 Å². The smallest absolute Gasteiger partial charge is 0.413 e. The quantitative estimate of drug-likeness (QED) is 0.319. The molecule has 1 aromatic carbocycles. The fraction of sp³-hybridized carbons (Fsp3) is 0.231. The molecule has 5 aromatic rings. The zero-order valence-corrected chi connectivity index (χ0v) is 19.8. The number of imidazole rings is 2. The molecule has 1 aliphatic carbocycles. The van der Waals surface area contributed by atoms with Crippen molar-refractivity contribution in [1.29, 1.82) is 0 Å². The topological polar surface area (TPSA) is 86.3 Å². The number of ether oxygens (including phenoxy) is 1. The zero-order chi connectivity index (χ0) is 23.9. The van der Waals surface area contributed by atoms with Crippen LogP contribution in [0, 0.1) is 0 Å². The van der Waals surface area contributed by atoms with Crippen molar-refractivity contribution in [2.45, 2.75) is 38.3 Å². The van der Waals surface area contributed by atoms with Crippen LogP contribution in [0.5, 0.6) is 0 Å². The lowest BCUT2D eigenvalue weighted by atomic mass is 10.1. The Morgan fingerprint density at radius 3 is 2.91 bits per heavy atom. The number of amides is 1. The number of nitrogens with zero attached hydrogens (tertiary/aromatic N) is 5. The van der Waals surface area contributed by atoms with Gasteiger partial charge in [-0.25, -0.2) is 19.7 Å². The summed E-state index contributed by atoms with van der Waals surface area (Å²) in [5, 5.41) is 3.30. The second kappa shape index (κ2) is 8.70. The van der Waals surface area contributed by atoms with Crippen molar-refractivity contribution < 1.29 is 9.53 Å². The molecule has 4 aromatic heterocycles. The third-order valence-electron chi connectivity index (χ3n) is 6.24. The van der Waals surface area contributed by atoms with Crippen LogP contribution in [0.4, 0.5) is 10.6 Å². The van der Waals surface area contributed by atoms with E-state index in [-0.39, 0.29) is 0 Å². The van der Waals surface area contributed by atoms with Gasteiger partial charge in [-0.15, -0.1) is 0 Å². The summed E-state index contributed by atoms with van der Waals surface area (Å²) >= 11 is 6.04. The van der Waals surface area contributed by atoms with Crippen molar-refractivity contribution in [2.75, 3.05) is 5.32 Å². The van der Waals surface area contributed by atoms with Gasteiger partial charge >= 0.3 is 6.09 Å². The van der Waals surface area contributed by atoms with Crippen molar-refractivity contribution >= 4 is 40.2 Å². The van der Waals surface area contributed by atoms with Gasteiger partial charge < -0.3 is 13.7 Å². The number of aromatic nitrogens is 5. The average Bonchev–Trinajstić information content (AvgIpc) is 3.51. The van der Waals surface area contributed by atoms with Gasteiger partial charge in [0.05, 0.1) is 30.3 Å². The molecule has 4 heterocycles. The fourth-order valence-electron chi connectivity index (χ4n) is 4.25. The molecule has 1 N–H and O–H groups in total. The SMILES string of the molecule is CC(OC(=O)Nc1cc2c(cn1)ncn2Cc1cn2cc(C3CC3)ccc2n1)c1cccc(Cl)c1. The van der Waals surface area contributed by atoms with Crippen molar-refractivity contribution in [1.82, 2.24) is 23.9 Å². The predicted octanol–water partition coefficient (Wildman–Crippen LogP) is 5.97. The molecule has 1 aliphatic rings. The van der Waals surface area contributed by atoms with Crippen molar-refractivity contribution in [3.63, 3.8) is 0 Å². The highest BCUT2D eigenvalue weighted by atomic mass is 35.5. The zero-order valence-electron chi connectivity index (χ0n) is 19.1. The highest BCUT2D eigenvalue weighted by Gasteiger charge is 2.23. The number of halogens is 1. The van der Waals surface area contributed by atoms with Crippen LogP contribution >= 0.6 is 11.6 Å². The van der Waals surface area contributed by atoms with Gasteiger partial charge in [-0.3, -0.25) is 5.32 Å². The highest BCUT2D eigenvalue weighted by molar-refractivity contribution is 6.30. The first-order valence-corrected chi connectivity index (χ1v) is 11.9. The Morgan fingerprint density at radius 2 is 2.09 bits per heavy atom. The maximum absolute atomic E-state index is 12.5. The van der Waals surface area contributed by atoms with E-state index >= 15 is 0 Å². The number of rotatable bonds is 6. The number of hydrogen-bond donors (Lipinski definition) is 1. The number of hydrogen-bond acceptors (Lipinski definition) is 5. The Labute approximate surface area is 206 Å². The molecule has 0 saturated heterocycles. The largest absolute Gasteiger partial charge is 0.441 e. The molecule has 35 heavy (non-hydrogen) atoms. The van der Waals surface area contributed by atoms with Crippen molar-refractivity contribution in [3.8, 4) is 0 Å². The normalized spacial score (nSPS) is 14.3. The molecule has 176 valence electrons. The summed E-state index contributed by atoms with van der Waals surface area (Å²) in [6.45, 7) is 2.34. The van der Waals surface area contributed by atoms with Crippen LogP contribution in [0.1, 0.15) is 48.6 Å². The third kappa shape index (κ3) is 4.57. The van der Waals surface area contributed by atoms with Crippen LogP contribution in [0.2, 0.25) is 5.02 Å². The van der Waals surface area contributed by atoms with Crippen molar-refractivity contribution in [3.05, 3.63) is 89.2 Å². The lowest BCUT2D eigenvalue weighted by Crippen LogP contribution is -2.16. The van der Waals surface area contributed by atoms with E-state index in [0.717, 1.165) is 27.9 Å². The minimum Gasteiger partial charge on any atom is -0.441 e. The van der Waals surface area contributed by atoms with Crippen LogP contribution in [-0.2, 0) is 11.3 Å². The maximum Gasteiger partial charge on any atom is 0.413 e. The summed E-state index contributed by atoms with van der Waals surface area (Å²) < 4.78 is 9.58. The Balaban J connectivity index is 1.18. The van der Waals surface area contributed by atoms with Gasteiger partial charge in [-0.05, 0) is 55.0 Å². The predicted molar refractivity (Wildman–Crippen MR) is 134 cm³/mol. The summed E-state index contributed by atoms with van der Waals surface area (Å²) in [6, 6.07) is 13.3. The first kappa shape index (κ1) is 21.6. The molecule has 0 aliphatic heterocycles. The molecular weight excluding hydrogens is 464 g/mol. The number of carbonyl (C=O) groups is 1. The molecule has 1 saturated carbocycles. The van der Waals surface area contributed by atoms with Gasteiger partial charge in [-0.1, -0.05) is 29.8 Å². The number of anilines is 1.